The zero-order valence-electron chi connectivity index (χ0n) is 11.3. The molecular formula is C16H14BrF3O. The highest BCUT2D eigenvalue weighted by Crippen LogP contribution is 2.32. The van der Waals surface area contributed by atoms with Crippen molar-refractivity contribution in [3.05, 3.63) is 65.2 Å². The number of hydrogen-bond acceptors (Lipinski definition) is 1. The van der Waals surface area contributed by atoms with Crippen molar-refractivity contribution in [1.82, 2.24) is 0 Å². The lowest BCUT2D eigenvalue weighted by Gasteiger charge is -2.12. The lowest BCUT2D eigenvalue weighted by molar-refractivity contribution is -0.137. The maximum absolute atomic E-state index is 12.5. The molecule has 2 aromatic carbocycles. The molecule has 0 amide bonds. The van der Waals surface area contributed by atoms with E-state index >= 15 is 0 Å². The van der Waals surface area contributed by atoms with Crippen LogP contribution in [0.2, 0.25) is 0 Å². The van der Waals surface area contributed by atoms with Crippen LogP contribution in [0.25, 0.3) is 0 Å². The van der Waals surface area contributed by atoms with Crippen molar-refractivity contribution in [2.24, 2.45) is 0 Å². The SMILES string of the molecule is COc1ccc(CC(Br)c2ccc(C(F)(F)F)cc2)cc1. The average Bonchev–Trinajstić information content (AvgIpc) is 2.47. The smallest absolute Gasteiger partial charge is 0.416 e. The lowest BCUT2D eigenvalue weighted by atomic mass is 10.0. The molecule has 112 valence electrons. The van der Waals surface area contributed by atoms with Crippen molar-refractivity contribution >= 4 is 15.9 Å². The van der Waals surface area contributed by atoms with E-state index in [4.69, 9.17) is 4.74 Å². The van der Waals surface area contributed by atoms with Gasteiger partial charge in [0, 0.05) is 4.83 Å². The fraction of sp³-hybridized carbons (Fsp3) is 0.250. The Morgan fingerprint density at radius 3 is 2.05 bits per heavy atom. The van der Waals surface area contributed by atoms with Gasteiger partial charge in [0.2, 0.25) is 0 Å². The van der Waals surface area contributed by atoms with Crippen molar-refractivity contribution in [2.75, 3.05) is 7.11 Å². The van der Waals surface area contributed by atoms with Crippen LogP contribution in [0, 0.1) is 0 Å². The van der Waals surface area contributed by atoms with Crippen LogP contribution in [0.5, 0.6) is 5.75 Å². The molecule has 0 spiro atoms. The lowest BCUT2D eigenvalue weighted by Crippen LogP contribution is -2.05. The summed E-state index contributed by atoms with van der Waals surface area (Å²) in [5, 5.41) is 0. The van der Waals surface area contributed by atoms with Gasteiger partial charge in [0.05, 0.1) is 12.7 Å². The molecule has 5 heteroatoms. The van der Waals surface area contributed by atoms with Crippen molar-refractivity contribution in [3.63, 3.8) is 0 Å². The van der Waals surface area contributed by atoms with E-state index in [1.807, 2.05) is 24.3 Å². The van der Waals surface area contributed by atoms with Gasteiger partial charge in [-0.15, -0.1) is 0 Å². The monoisotopic (exact) mass is 358 g/mol. The van der Waals surface area contributed by atoms with Crippen LogP contribution >= 0.6 is 15.9 Å². The molecule has 1 atom stereocenters. The number of hydrogen-bond donors (Lipinski definition) is 0. The van der Waals surface area contributed by atoms with Gasteiger partial charge in [0.15, 0.2) is 0 Å². The average molecular weight is 359 g/mol. The van der Waals surface area contributed by atoms with Gasteiger partial charge >= 0.3 is 6.18 Å². The maximum Gasteiger partial charge on any atom is 0.416 e. The number of ether oxygens (including phenoxy) is 1. The summed E-state index contributed by atoms with van der Waals surface area (Å²) < 4.78 is 42.6. The van der Waals surface area contributed by atoms with Crippen LogP contribution in [0.15, 0.2) is 48.5 Å². The van der Waals surface area contributed by atoms with E-state index in [2.05, 4.69) is 15.9 Å². The summed E-state index contributed by atoms with van der Waals surface area (Å²) in [7, 11) is 1.60. The Hall–Kier alpha value is -1.49. The zero-order valence-corrected chi connectivity index (χ0v) is 12.9. The molecule has 1 unspecified atom stereocenters. The third-order valence-electron chi connectivity index (χ3n) is 3.17. The number of methoxy groups -OCH3 is 1. The summed E-state index contributed by atoms with van der Waals surface area (Å²) in [4.78, 5) is -0.0341. The molecule has 0 saturated carbocycles. The predicted molar refractivity (Wildman–Crippen MR) is 79.8 cm³/mol. The number of rotatable bonds is 4. The van der Waals surface area contributed by atoms with Crippen LogP contribution < -0.4 is 4.74 Å². The zero-order chi connectivity index (χ0) is 15.5. The van der Waals surface area contributed by atoms with Crippen LogP contribution in [-0.4, -0.2) is 7.11 Å². The maximum atomic E-state index is 12.5. The van der Waals surface area contributed by atoms with E-state index in [0.29, 0.717) is 6.42 Å². The Morgan fingerprint density at radius 2 is 1.57 bits per heavy atom. The molecule has 2 rings (SSSR count). The summed E-state index contributed by atoms with van der Waals surface area (Å²) in [6.07, 6.45) is -3.61. The van der Waals surface area contributed by atoms with Gasteiger partial charge in [-0.2, -0.15) is 13.2 Å². The second-order valence-electron chi connectivity index (χ2n) is 4.64. The Balaban J connectivity index is 2.07. The molecule has 0 aliphatic rings. The first-order chi connectivity index (χ1) is 9.90. The fourth-order valence-corrected chi connectivity index (χ4v) is 2.65. The minimum atomic E-state index is -4.30. The second kappa shape index (κ2) is 6.52. The highest BCUT2D eigenvalue weighted by Gasteiger charge is 2.30. The van der Waals surface area contributed by atoms with Crippen LogP contribution in [0.1, 0.15) is 21.5 Å². The third kappa shape index (κ3) is 4.24. The van der Waals surface area contributed by atoms with Gasteiger partial charge in [-0.3, -0.25) is 0 Å². The minimum absolute atomic E-state index is 0.0341. The van der Waals surface area contributed by atoms with E-state index < -0.39 is 11.7 Å². The highest BCUT2D eigenvalue weighted by atomic mass is 79.9. The van der Waals surface area contributed by atoms with E-state index in [0.717, 1.165) is 29.0 Å². The first kappa shape index (κ1) is 15.9. The van der Waals surface area contributed by atoms with Gasteiger partial charge in [-0.1, -0.05) is 40.2 Å². The molecule has 0 N–H and O–H groups in total. The molecule has 0 radical (unpaired) electrons. The van der Waals surface area contributed by atoms with E-state index in [-0.39, 0.29) is 4.83 Å². The summed E-state index contributed by atoms with van der Waals surface area (Å²) in [5.41, 5.74) is 1.27. The Bertz CT molecular complexity index is 576. The number of alkyl halides is 4. The summed E-state index contributed by atoms with van der Waals surface area (Å²) in [6, 6.07) is 12.8. The van der Waals surface area contributed by atoms with Gasteiger partial charge in [-0.05, 0) is 41.8 Å². The van der Waals surface area contributed by atoms with Crippen molar-refractivity contribution in [1.29, 1.82) is 0 Å². The molecule has 0 aliphatic heterocycles. The molecule has 1 nitrogen and oxygen atoms in total. The largest absolute Gasteiger partial charge is 0.497 e. The molecular weight excluding hydrogens is 345 g/mol. The van der Waals surface area contributed by atoms with Gasteiger partial charge in [-0.25, -0.2) is 0 Å². The molecule has 0 fully saturated rings. The normalized spacial score (nSPS) is 13.0. The predicted octanol–water partition coefficient (Wildman–Crippen LogP) is 5.39. The molecule has 0 bridgehead atoms. The van der Waals surface area contributed by atoms with Gasteiger partial charge in [0.1, 0.15) is 5.75 Å². The number of halogens is 4. The quantitative estimate of drug-likeness (QED) is 0.665. The summed E-state index contributed by atoms with van der Waals surface area (Å²) in [6.45, 7) is 0. The van der Waals surface area contributed by atoms with Crippen molar-refractivity contribution < 1.29 is 17.9 Å². The Kier molecular flexibility index (Phi) is 4.93. The first-order valence-corrected chi connectivity index (χ1v) is 7.26. The van der Waals surface area contributed by atoms with Crippen LogP contribution in [0.4, 0.5) is 13.2 Å². The van der Waals surface area contributed by atoms with Crippen LogP contribution in [0.3, 0.4) is 0 Å². The fourth-order valence-electron chi connectivity index (χ4n) is 1.97. The van der Waals surface area contributed by atoms with Gasteiger partial charge < -0.3 is 4.74 Å². The molecule has 0 saturated heterocycles. The second-order valence-corrected chi connectivity index (χ2v) is 5.74. The summed E-state index contributed by atoms with van der Waals surface area (Å²) >= 11 is 3.52. The summed E-state index contributed by atoms with van der Waals surface area (Å²) in [5.74, 6) is 0.777. The Labute approximate surface area is 129 Å². The first-order valence-electron chi connectivity index (χ1n) is 6.34. The standard InChI is InChI=1S/C16H14BrF3O/c1-21-14-8-2-11(3-9-14)10-15(17)12-4-6-13(7-5-12)16(18,19)20/h2-9,15H,10H2,1H3. The minimum Gasteiger partial charge on any atom is -0.497 e. The van der Waals surface area contributed by atoms with E-state index in [1.165, 1.54) is 12.1 Å². The molecule has 0 heterocycles. The molecule has 2 aromatic rings. The van der Waals surface area contributed by atoms with E-state index in [1.54, 1.807) is 7.11 Å². The molecule has 0 aliphatic carbocycles. The highest BCUT2D eigenvalue weighted by molar-refractivity contribution is 9.09. The van der Waals surface area contributed by atoms with Crippen LogP contribution in [-0.2, 0) is 12.6 Å². The molecule has 0 aromatic heterocycles. The molecule has 21 heavy (non-hydrogen) atoms. The third-order valence-corrected chi connectivity index (χ3v) is 4.03. The van der Waals surface area contributed by atoms with Crippen molar-refractivity contribution in [2.45, 2.75) is 17.4 Å². The topological polar surface area (TPSA) is 9.23 Å². The number of benzene rings is 2. The van der Waals surface area contributed by atoms with Crippen molar-refractivity contribution in [3.8, 4) is 5.75 Å². The Morgan fingerprint density at radius 1 is 1.00 bits per heavy atom. The van der Waals surface area contributed by atoms with E-state index in [9.17, 15) is 13.2 Å². The van der Waals surface area contributed by atoms with Gasteiger partial charge in [0.25, 0.3) is 0 Å².